The molecule has 1 aromatic heterocycles. The van der Waals surface area contributed by atoms with E-state index in [2.05, 4.69) is 10.3 Å². The molecule has 0 aliphatic carbocycles. The molecule has 3 aromatic rings. The van der Waals surface area contributed by atoms with E-state index in [4.69, 9.17) is 4.74 Å². The molecule has 0 radical (unpaired) electrons. The third-order valence-corrected chi connectivity index (χ3v) is 3.57. The van der Waals surface area contributed by atoms with E-state index in [1.54, 1.807) is 48.5 Å². The van der Waals surface area contributed by atoms with Crippen molar-refractivity contribution in [3.8, 4) is 5.75 Å². The molecule has 1 heterocycles. The van der Waals surface area contributed by atoms with Gasteiger partial charge in [-0.05, 0) is 24.3 Å². The number of methoxy groups -OCH3 is 1. The predicted molar refractivity (Wildman–Crippen MR) is 90.5 cm³/mol. The lowest BCUT2D eigenvalue weighted by atomic mass is 10.2. The molecule has 1 amide bonds. The number of H-pyrrole nitrogens is 1. The van der Waals surface area contributed by atoms with Crippen LogP contribution in [-0.2, 0) is 11.3 Å². The van der Waals surface area contributed by atoms with E-state index in [0.29, 0.717) is 22.3 Å². The van der Waals surface area contributed by atoms with E-state index < -0.39 is 23.7 Å². The molecule has 122 valence electrons. The average Bonchev–Trinajstić information content (AvgIpc) is 2.59. The van der Waals surface area contributed by atoms with Gasteiger partial charge in [0.2, 0.25) is 5.91 Å². The Morgan fingerprint density at radius 2 is 1.83 bits per heavy atom. The van der Waals surface area contributed by atoms with Gasteiger partial charge in [-0.2, -0.15) is 0 Å². The molecule has 0 aliphatic rings. The molecule has 0 saturated carbocycles. The van der Waals surface area contributed by atoms with E-state index >= 15 is 0 Å². The van der Waals surface area contributed by atoms with Crippen LogP contribution in [0.2, 0.25) is 0 Å². The van der Waals surface area contributed by atoms with E-state index in [1.807, 2.05) is 0 Å². The van der Waals surface area contributed by atoms with Gasteiger partial charge < -0.3 is 15.0 Å². The van der Waals surface area contributed by atoms with Gasteiger partial charge in [0, 0.05) is 0 Å². The highest BCUT2D eigenvalue weighted by molar-refractivity contribution is 5.92. The van der Waals surface area contributed by atoms with Gasteiger partial charge in [0.15, 0.2) is 0 Å². The molecule has 0 bridgehead atoms. The van der Waals surface area contributed by atoms with Crippen LogP contribution in [0.3, 0.4) is 0 Å². The third-order valence-electron chi connectivity index (χ3n) is 3.57. The summed E-state index contributed by atoms with van der Waals surface area (Å²) in [7, 11) is 1.49. The lowest BCUT2D eigenvalue weighted by molar-refractivity contribution is -0.116. The van der Waals surface area contributed by atoms with Gasteiger partial charge in [0.25, 0.3) is 5.56 Å². The molecular weight excluding hydrogens is 310 g/mol. The van der Waals surface area contributed by atoms with Gasteiger partial charge in [-0.25, -0.2) is 4.79 Å². The van der Waals surface area contributed by atoms with Crippen molar-refractivity contribution in [1.29, 1.82) is 0 Å². The Hall–Kier alpha value is -3.35. The Balaban J connectivity index is 1.91. The molecule has 7 heteroatoms. The fourth-order valence-corrected chi connectivity index (χ4v) is 2.42. The maximum Gasteiger partial charge on any atom is 0.329 e. The standard InChI is InChI=1S/C17H15N3O4/c1-24-14-9-5-4-8-13(14)18-15(21)10-20-16(22)11-6-2-3-7-12(11)19-17(20)23/h2-9H,10H2,1H3,(H,18,21)(H,19,23). The van der Waals surface area contributed by atoms with Crippen LogP contribution in [0.25, 0.3) is 10.9 Å². The smallest absolute Gasteiger partial charge is 0.329 e. The van der Waals surface area contributed by atoms with Gasteiger partial charge in [0.05, 0.1) is 23.7 Å². The Labute approximate surface area is 136 Å². The first kappa shape index (κ1) is 15.5. The summed E-state index contributed by atoms with van der Waals surface area (Å²) in [6.07, 6.45) is 0. The van der Waals surface area contributed by atoms with Gasteiger partial charge in [-0.3, -0.25) is 14.2 Å². The Kier molecular flexibility index (Phi) is 4.15. The van der Waals surface area contributed by atoms with Gasteiger partial charge >= 0.3 is 5.69 Å². The van der Waals surface area contributed by atoms with Crippen LogP contribution >= 0.6 is 0 Å². The first-order valence-electron chi connectivity index (χ1n) is 7.25. The number of hydrogen-bond donors (Lipinski definition) is 2. The fraction of sp³-hybridized carbons (Fsp3) is 0.118. The summed E-state index contributed by atoms with van der Waals surface area (Å²) in [5.74, 6) is -0.00648. The zero-order chi connectivity index (χ0) is 17.1. The number of fused-ring (bicyclic) bond motifs is 1. The first-order chi connectivity index (χ1) is 11.6. The Bertz CT molecular complexity index is 1020. The number of para-hydroxylation sites is 3. The maximum atomic E-state index is 12.4. The number of amides is 1. The number of anilines is 1. The SMILES string of the molecule is COc1ccccc1NC(=O)Cn1c(=O)[nH]c2ccccc2c1=O. The second kappa shape index (κ2) is 6.41. The van der Waals surface area contributed by atoms with Crippen LogP contribution in [0.4, 0.5) is 5.69 Å². The summed E-state index contributed by atoms with van der Waals surface area (Å²) in [6, 6.07) is 13.5. The second-order valence-electron chi connectivity index (χ2n) is 5.12. The highest BCUT2D eigenvalue weighted by Gasteiger charge is 2.12. The lowest BCUT2D eigenvalue weighted by Gasteiger charge is -2.10. The fourth-order valence-electron chi connectivity index (χ4n) is 2.42. The van der Waals surface area contributed by atoms with Crippen molar-refractivity contribution >= 4 is 22.5 Å². The molecule has 2 N–H and O–H groups in total. The maximum absolute atomic E-state index is 12.4. The number of aromatic nitrogens is 2. The van der Waals surface area contributed by atoms with Crippen molar-refractivity contribution in [2.24, 2.45) is 0 Å². The molecule has 24 heavy (non-hydrogen) atoms. The number of hydrogen-bond acceptors (Lipinski definition) is 4. The van der Waals surface area contributed by atoms with Crippen molar-refractivity contribution in [2.45, 2.75) is 6.54 Å². The topological polar surface area (TPSA) is 93.2 Å². The van der Waals surface area contributed by atoms with Gasteiger partial charge in [0.1, 0.15) is 12.3 Å². The Morgan fingerprint density at radius 1 is 1.12 bits per heavy atom. The van der Waals surface area contributed by atoms with Crippen molar-refractivity contribution in [3.05, 3.63) is 69.4 Å². The largest absolute Gasteiger partial charge is 0.495 e. The molecule has 0 atom stereocenters. The van der Waals surface area contributed by atoms with Crippen LogP contribution in [-0.4, -0.2) is 22.6 Å². The quantitative estimate of drug-likeness (QED) is 0.757. The molecule has 0 spiro atoms. The van der Waals surface area contributed by atoms with Crippen molar-refractivity contribution < 1.29 is 9.53 Å². The number of nitrogens with one attached hydrogen (secondary N) is 2. The number of ether oxygens (including phenoxy) is 1. The van der Waals surface area contributed by atoms with Crippen LogP contribution in [0.15, 0.2) is 58.1 Å². The minimum atomic E-state index is -0.631. The van der Waals surface area contributed by atoms with Crippen LogP contribution in [0, 0.1) is 0 Å². The molecule has 3 rings (SSSR count). The van der Waals surface area contributed by atoms with Gasteiger partial charge in [-0.1, -0.05) is 24.3 Å². The van der Waals surface area contributed by atoms with Crippen molar-refractivity contribution in [3.63, 3.8) is 0 Å². The van der Waals surface area contributed by atoms with E-state index in [-0.39, 0.29) is 0 Å². The summed E-state index contributed by atoms with van der Waals surface area (Å²) in [5.41, 5.74) is -0.234. The second-order valence-corrected chi connectivity index (χ2v) is 5.12. The van der Waals surface area contributed by atoms with Crippen LogP contribution in [0.1, 0.15) is 0 Å². The van der Waals surface area contributed by atoms with Crippen LogP contribution < -0.4 is 21.3 Å². The minimum Gasteiger partial charge on any atom is -0.495 e. The van der Waals surface area contributed by atoms with E-state index in [0.717, 1.165) is 4.57 Å². The van der Waals surface area contributed by atoms with Crippen LogP contribution in [0.5, 0.6) is 5.75 Å². The molecule has 0 aliphatic heterocycles. The summed E-state index contributed by atoms with van der Waals surface area (Å²) in [4.78, 5) is 39.3. The molecule has 0 fully saturated rings. The molecular formula is C17H15N3O4. The number of nitrogens with zero attached hydrogens (tertiary/aromatic N) is 1. The summed E-state index contributed by atoms with van der Waals surface area (Å²) in [5, 5.41) is 2.99. The van der Waals surface area contributed by atoms with Crippen molar-refractivity contribution in [1.82, 2.24) is 9.55 Å². The summed E-state index contributed by atoms with van der Waals surface area (Å²) >= 11 is 0. The van der Waals surface area contributed by atoms with Crippen molar-refractivity contribution in [2.75, 3.05) is 12.4 Å². The number of benzene rings is 2. The number of carbonyl (C=O) groups excluding carboxylic acids is 1. The Morgan fingerprint density at radius 3 is 2.62 bits per heavy atom. The zero-order valence-corrected chi connectivity index (χ0v) is 12.9. The summed E-state index contributed by atoms with van der Waals surface area (Å²) in [6.45, 7) is -0.392. The third kappa shape index (κ3) is 2.91. The molecule has 0 unspecified atom stereocenters. The highest BCUT2D eigenvalue weighted by Crippen LogP contribution is 2.22. The summed E-state index contributed by atoms with van der Waals surface area (Å²) < 4.78 is 6.02. The predicted octanol–water partition coefficient (Wildman–Crippen LogP) is 1.34. The van der Waals surface area contributed by atoms with Gasteiger partial charge in [-0.15, -0.1) is 0 Å². The minimum absolute atomic E-state index is 0.349. The number of carbonyl (C=O) groups is 1. The normalized spacial score (nSPS) is 10.5. The first-order valence-corrected chi connectivity index (χ1v) is 7.25. The molecule has 7 nitrogen and oxygen atoms in total. The van der Waals surface area contributed by atoms with E-state index in [1.165, 1.54) is 7.11 Å². The highest BCUT2D eigenvalue weighted by atomic mass is 16.5. The molecule has 2 aromatic carbocycles. The zero-order valence-electron chi connectivity index (χ0n) is 12.9. The average molecular weight is 325 g/mol. The number of rotatable bonds is 4. The monoisotopic (exact) mass is 325 g/mol. The number of aromatic amines is 1. The molecule has 0 saturated heterocycles. The van der Waals surface area contributed by atoms with E-state index in [9.17, 15) is 14.4 Å². The lowest BCUT2D eigenvalue weighted by Crippen LogP contribution is -2.38.